The summed E-state index contributed by atoms with van der Waals surface area (Å²) in [4.78, 5) is 32.0. The van der Waals surface area contributed by atoms with E-state index < -0.39 is 0 Å². The number of nitrogens with zero attached hydrogens (tertiary/aromatic N) is 3. The van der Waals surface area contributed by atoms with Crippen LogP contribution in [-0.2, 0) is 27.4 Å². The largest absolute Gasteiger partial charge is 0.376 e. The van der Waals surface area contributed by atoms with E-state index in [1.54, 1.807) is 17.3 Å². The Hall–Kier alpha value is -3.01. The number of thiocarbonyl (C=S) groups is 1. The number of para-hydroxylation sites is 1. The highest BCUT2D eigenvalue weighted by atomic mass is 32.2. The molecule has 7 nitrogen and oxygen atoms in total. The Bertz CT molecular complexity index is 1270. The first-order valence-electron chi connectivity index (χ1n) is 11.2. The zero-order valence-electron chi connectivity index (χ0n) is 18.5. The molecule has 2 saturated heterocycles. The zero-order chi connectivity index (χ0) is 23.5. The summed E-state index contributed by atoms with van der Waals surface area (Å²) in [6.45, 7) is 1.89. The highest BCUT2D eigenvalue weighted by molar-refractivity contribution is 8.26. The second-order valence-electron chi connectivity index (χ2n) is 8.30. The van der Waals surface area contributed by atoms with E-state index in [1.807, 2.05) is 53.2 Å². The van der Waals surface area contributed by atoms with Crippen LogP contribution in [0.4, 0.5) is 0 Å². The molecule has 2 aromatic heterocycles. The van der Waals surface area contributed by atoms with E-state index in [2.05, 4.69) is 10.3 Å². The molecule has 174 valence electrons. The molecular weight excluding hydrogens is 468 g/mol. The lowest BCUT2D eigenvalue weighted by atomic mass is 10.1. The van der Waals surface area contributed by atoms with Crippen molar-refractivity contribution in [1.29, 1.82) is 0 Å². The average Bonchev–Trinajstić information content (AvgIpc) is 3.55. The van der Waals surface area contributed by atoms with E-state index in [-0.39, 0.29) is 24.5 Å². The third kappa shape index (κ3) is 4.91. The minimum absolute atomic E-state index is 0.0643. The van der Waals surface area contributed by atoms with Gasteiger partial charge >= 0.3 is 0 Å². The molecule has 9 heteroatoms. The average molecular weight is 493 g/mol. The molecule has 4 heterocycles. The number of rotatable bonds is 7. The van der Waals surface area contributed by atoms with Gasteiger partial charge in [-0.05, 0) is 36.6 Å². The maximum absolute atomic E-state index is 13.1. The molecule has 1 N–H and O–H groups in total. The van der Waals surface area contributed by atoms with Gasteiger partial charge in [-0.3, -0.25) is 19.5 Å². The van der Waals surface area contributed by atoms with Crippen LogP contribution in [0, 0.1) is 0 Å². The molecule has 2 fully saturated rings. The van der Waals surface area contributed by atoms with Crippen LogP contribution in [0.1, 0.15) is 24.0 Å². The van der Waals surface area contributed by atoms with Crippen molar-refractivity contribution < 1.29 is 14.3 Å². The van der Waals surface area contributed by atoms with Crippen LogP contribution in [0.2, 0.25) is 0 Å². The summed E-state index contributed by atoms with van der Waals surface area (Å²) in [5.74, 6) is -0.185. The lowest BCUT2D eigenvalue weighted by Gasteiger charge is -2.13. The van der Waals surface area contributed by atoms with Gasteiger partial charge < -0.3 is 14.6 Å². The van der Waals surface area contributed by atoms with Crippen molar-refractivity contribution in [2.75, 3.05) is 13.2 Å². The van der Waals surface area contributed by atoms with E-state index in [0.29, 0.717) is 22.3 Å². The Morgan fingerprint density at radius 1 is 1.29 bits per heavy atom. The Kier molecular flexibility index (Phi) is 6.75. The van der Waals surface area contributed by atoms with Gasteiger partial charge in [0.05, 0.1) is 17.6 Å². The van der Waals surface area contributed by atoms with E-state index >= 15 is 0 Å². The summed E-state index contributed by atoms with van der Waals surface area (Å²) in [5.41, 5.74) is 2.74. The monoisotopic (exact) mass is 492 g/mol. The summed E-state index contributed by atoms with van der Waals surface area (Å²) in [6, 6.07) is 11.6. The van der Waals surface area contributed by atoms with Crippen molar-refractivity contribution in [3.05, 3.63) is 71.0 Å². The maximum Gasteiger partial charge on any atom is 0.266 e. The molecule has 1 aromatic carbocycles. The third-order valence-corrected chi connectivity index (χ3v) is 7.29. The predicted octanol–water partition coefficient (Wildman–Crippen LogP) is 3.73. The predicted molar refractivity (Wildman–Crippen MR) is 137 cm³/mol. The number of nitrogens with one attached hydrogen (secondary N) is 1. The molecule has 0 spiro atoms. The number of carbonyl (C=O) groups is 2. The number of hydrogen-bond acceptors (Lipinski definition) is 6. The second kappa shape index (κ2) is 10.1. The van der Waals surface area contributed by atoms with Crippen LogP contribution in [0.3, 0.4) is 0 Å². The first-order valence-corrected chi connectivity index (χ1v) is 12.4. The Balaban J connectivity index is 1.35. The molecule has 2 aliphatic rings. The topological polar surface area (TPSA) is 76.5 Å². The molecule has 0 aliphatic carbocycles. The number of pyridine rings is 1. The van der Waals surface area contributed by atoms with Gasteiger partial charge in [0.25, 0.3) is 5.91 Å². The minimum Gasteiger partial charge on any atom is -0.376 e. The fraction of sp³-hybridized carbons (Fsp3) is 0.280. The summed E-state index contributed by atoms with van der Waals surface area (Å²) in [5, 5.41) is 3.95. The number of fused-ring (bicyclic) bond motifs is 1. The fourth-order valence-electron chi connectivity index (χ4n) is 4.22. The van der Waals surface area contributed by atoms with E-state index in [4.69, 9.17) is 17.0 Å². The maximum atomic E-state index is 13.1. The Morgan fingerprint density at radius 3 is 2.97 bits per heavy atom. The van der Waals surface area contributed by atoms with Gasteiger partial charge in [-0.1, -0.05) is 48.2 Å². The summed E-state index contributed by atoms with van der Waals surface area (Å²) in [7, 11) is 0. The third-order valence-electron chi connectivity index (χ3n) is 5.91. The SMILES string of the molecule is O=C(Cn1cc(/C=C2\SC(=S)N(Cc3cccnc3)C2=O)c2ccccc21)NC[C@H]1CCCO1. The van der Waals surface area contributed by atoms with Gasteiger partial charge in [-0.15, -0.1) is 0 Å². The summed E-state index contributed by atoms with van der Waals surface area (Å²) < 4.78 is 8.03. The van der Waals surface area contributed by atoms with Gasteiger partial charge in [-0.2, -0.15) is 0 Å². The van der Waals surface area contributed by atoms with Gasteiger partial charge in [0.2, 0.25) is 5.91 Å². The molecule has 5 rings (SSSR count). The molecule has 0 unspecified atom stereocenters. The standard InChI is InChI=1S/C25H24N4O3S2/c30-23(27-13-19-6-4-10-32-19)16-28-15-18(20-7-1-2-8-21(20)28)11-22-24(31)29(25(33)34-22)14-17-5-3-9-26-12-17/h1-3,5,7-9,11-12,15,19H,4,6,10,13-14,16H2,(H,27,30)/b22-11-/t19-/m1/s1. The van der Waals surface area contributed by atoms with Crippen molar-refractivity contribution in [1.82, 2.24) is 19.8 Å². The van der Waals surface area contributed by atoms with Crippen LogP contribution in [0.25, 0.3) is 17.0 Å². The van der Waals surface area contributed by atoms with Gasteiger partial charge in [-0.25, -0.2) is 0 Å². The normalized spacial score (nSPS) is 19.5. The fourth-order valence-corrected chi connectivity index (χ4v) is 5.46. The molecule has 2 aliphatic heterocycles. The summed E-state index contributed by atoms with van der Waals surface area (Å²) in [6.07, 6.45) is 9.35. The summed E-state index contributed by atoms with van der Waals surface area (Å²) >= 11 is 6.78. The minimum atomic E-state index is -0.120. The highest BCUT2D eigenvalue weighted by Crippen LogP contribution is 2.35. The zero-order valence-corrected chi connectivity index (χ0v) is 20.1. The molecular formula is C25H24N4O3S2. The molecule has 2 amide bonds. The second-order valence-corrected chi connectivity index (χ2v) is 9.97. The van der Waals surface area contributed by atoms with Crippen LogP contribution in [-0.4, -0.2) is 49.8 Å². The number of benzene rings is 1. The highest BCUT2D eigenvalue weighted by Gasteiger charge is 2.32. The van der Waals surface area contributed by atoms with E-state index in [1.165, 1.54) is 11.8 Å². The first-order chi connectivity index (χ1) is 16.6. The van der Waals surface area contributed by atoms with Crippen molar-refractivity contribution in [3.63, 3.8) is 0 Å². The van der Waals surface area contributed by atoms with Gasteiger partial charge in [0.1, 0.15) is 10.9 Å². The van der Waals surface area contributed by atoms with E-state index in [0.717, 1.165) is 41.5 Å². The number of carbonyl (C=O) groups excluding carboxylic acids is 2. The lowest BCUT2D eigenvalue weighted by molar-refractivity contribution is -0.123. The van der Waals surface area contributed by atoms with E-state index in [9.17, 15) is 9.59 Å². The number of ether oxygens (including phenoxy) is 1. The van der Waals surface area contributed by atoms with Gasteiger partial charge in [0.15, 0.2) is 0 Å². The molecule has 0 bridgehead atoms. The lowest BCUT2D eigenvalue weighted by Crippen LogP contribution is -2.34. The number of amides is 2. The van der Waals surface area contributed by atoms with Gasteiger partial charge in [0, 0.05) is 48.2 Å². The molecule has 34 heavy (non-hydrogen) atoms. The molecule has 3 aromatic rings. The van der Waals surface area contributed by atoms with Crippen LogP contribution in [0.15, 0.2) is 59.9 Å². The Labute approximate surface area is 207 Å². The first kappa shape index (κ1) is 22.8. The molecule has 0 radical (unpaired) electrons. The van der Waals surface area contributed by atoms with Crippen LogP contribution >= 0.6 is 24.0 Å². The number of hydrogen-bond donors (Lipinski definition) is 1. The van der Waals surface area contributed by atoms with Crippen LogP contribution in [0.5, 0.6) is 0 Å². The Morgan fingerprint density at radius 2 is 2.18 bits per heavy atom. The smallest absolute Gasteiger partial charge is 0.266 e. The molecule has 0 saturated carbocycles. The van der Waals surface area contributed by atoms with Crippen molar-refractivity contribution in [3.8, 4) is 0 Å². The van der Waals surface area contributed by atoms with Crippen LogP contribution < -0.4 is 5.32 Å². The number of thioether (sulfide) groups is 1. The van der Waals surface area contributed by atoms with Crippen molar-refractivity contribution in [2.24, 2.45) is 0 Å². The number of aromatic nitrogens is 2. The quantitative estimate of drug-likeness (QED) is 0.400. The van der Waals surface area contributed by atoms with Crippen molar-refractivity contribution >= 4 is 57.1 Å². The van der Waals surface area contributed by atoms with Crippen molar-refractivity contribution in [2.45, 2.75) is 32.0 Å². The molecule has 1 atom stereocenters.